The number of nitrogens with one attached hydrogen (secondary N) is 1. The van der Waals surface area contributed by atoms with E-state index in [4.69, 9.17) is 0 Å². The van der Waals surface area contributed by atoms with E-state index < -0.39 is 0 Å². The molecule has 1 fully saturated rings. The average molecular weight is 386 g/mol. The molecule has 29 heavy (non-hydrogen) atoms. The first kappa shape index (κ1) is 19.1. The molecule has 1 aliphatic heterocycles. The SMILES string of the molecule is Cc1ccc(C2CCN(C(=O)NCc3ccc(-c4cccnc4)cc3)CC2)cn1. The van der Waals surface area contributed by atoms with Gasteiger partial charge in [-0.05, 0) is 60.1 Å². The summed E-state index contributed by atoms with van der Waals surface area (Å²) in [7, 11) is 0. The summed E-state index contributed by atoms with van der Waals surface area (Å²) in [6.45, 7) is 4.10. The molecular formula is C24H26N4O. The van der Waals surface area contributed by atoms with Crippen LogP contribution in [-0.2, 0) is 6.54 Å². The number of nitrogens with zero attached hydrogens (tertiary/aromatic N) is 3. The van der Waals surface area contributed by atoms with Crippen LogP contribution < -0.4 is 5.32 Å². The Morgan fingerprint density at radius 2 is 1.83 bits per heavy atom. The second kappa shape index (κ2) is 8.86. The molecule has 2 aromatic heterocycles. The number of piperidine rings is 1. The van der Waals surface area contributed by atoms with Gasteiger partial charge in [-0.25, -0.2) is 4.79 Å². The normalized spacial score (nSPS) is 14.6. The number of likely N-dealkylation sites (tertiary alicyclic amines) is 1. The van der Waals surface area contributed by atoms with Crippen molar-refractivity contribution in [2.45, 2.75) is 32.2 Å². The van der Waals surface area contributed by atoms with Crippen molar-refractivity contribution in [3.8, 4) is 11.1 Å². The number of hydrogen-bond acceptors (Lipinski definition) is 3. The molecule has 0 saturated carbocycles. The van der Waals surface area contributed by atoms with Crippen LogP contribution in [0.15, 0.2) is 67.1 Å². The number of benzene rings is 1. The molecule has 2 amide bonds. The monoisotopic (exact) mass is 386 g/mol. The molecule has 3 heterocycles. The van der Waals surface area contributed by atoms with Crippen LogP contribution in [0.3, 0.4) is 0 Å². The van der Waals surface area contributed by atoms with Gasteiger partial charge in [-0.15, -0.1) is 0 Å². The van der Waals surface area contributed by atoms with Gasteiger partial charge in [-0.3, -0.25) is 9.97 Å². The molecule has 5 heteroatoms. The van der Waals surface area contributed by atoms with Crippen molar-refractivity contribution in [3.05, 3.63) is 83.9 Å². The van der Waals surface area contributed by atoms with Gasteiger partial charge in [0, 0.05) is 43.9 Å². The predicted octanol–water partition coefficient (Wildman–Crippen LogP) is 4.54. The number of amides is 2. The summed E-state index contributed by atoms with van der Waals surface area (Å²) in [6, 6.07) is 16.5. The Morgan fingerprint density at radius 1 is 1.03 bits per heavy atom. The minimum Gasteiger partial charge on any atom is -0.334 e. The fraction of sp³-hybridized carbons (Fsp3) is 0.292. The Hall–Kier alpha value is -3.21. The number of carbonyl (C=O) groups excluding carboxylic acids is 1. The van der Waals surface area contributed by atoms with Crippen molar-refractivity contribution >= 4 is 6.03 Å². The Bertz CT molecular complexity index is 931. The van der Waals surface area contributed by atoms with Crippen molar-refractivity contribution in [1.82, 2.24) is 20.2 Å². The maximum absolute atomic E-state index is 12.5. The standard InChI is InChI=1S/C24H26N4O/c1-18-4-7-23(17-26-18)21-10-13-28(14-11-21)24(29)27-15-19-5-8-20(9-6-19)22-3-2-12-25-16-22/h2-9,12,16-17,21H,10-11,13-15H2,1H3,(H,27,29). The Balaban J connectivity index is 1.26. The molecule has 1 saturated heterocycles. The third-order valence-electron chi connectivity index (χ3n) is 5.58. The summed E-state index contributed by atoms with van der Waals surface area (Å²) >= 11 is 0. The van der Waals surface area contributed by atoms with E-state index in [1.807, 2.05) is 36.4 Å². The molecule has 148 valence electrons. The van der Waals surface area contributed by atoms with Crippen LogP contribution in [-0.4, -0.2) is 34.0 Å². The maximum Gasteiger partial charge on any atom is 0.317 e. The Labute approximate surface area is 171 Å². The lowest BCUT2D eigenvalue weighted by atomic mass is 9.90. The molecule has 5 nitrogen and oxygen atoms in total. The summed E-state index contributed by atoms with van der Waals surface area (Å²) in [5, 5.41) is 3.05. The van der Waals surface area contributed by atoms with Crippen molar-refractivity contribution in [2.75, 3.05) is 13.1 Å². The number of aryl methyl sites for hydroxylation is 1. The lowest BCUT2D eigenvalue weighted by Crippen LogP contribution is -2.43. The molecule has 0 bridgehead atoms. The minimum atomic E-state index is 0.0156. The zero-order valence-electron chi connectivity index (χ0n) is 16.7. The zero-order chi connectivity index (χ0) is 20.1. The molecule has 0 radical (unpaired) electrons. The molecule has 0 aliphatic carbocycles. The van der Waals surface area contributed by atoms with E-state index >= 15 is 0 Å². The van der Waals surface area contributed by atoms with E-state index in [-0.39, 0.29) is 6.03 Å². The van der Waals surface area contributed by atoms with Gasteiger partial charge in [0.2, 0.25) is 0 Å². The largest absolute Gasteiger partial charge is 0.334 e. The Morgan fingerprint density at radius 3 is 2.48 bits per heavy atom. The third kappa shape index (κ3) is 4.80. The van der Waals surface area contributed by atoms with Crippen molar-refractivity contribution in [3.63, 3.8) is 0 Å². The molecule has 1 N–H and O–H groups in total. The van der Waals surface area contributed by atoms with Gasteiger partial charge in [-0.1, -0.05) is 36.4 Å². The number of rotatable bonds is 4. The third-order valence-corrected chi connectivity index (χ3v) is 5.58. The van der Waals surface area contributed by atoms with Gasteiger partial charge in [0.15, 0.2) is 0 Å². The lowest BCUT2D eigenvalue weighted by molar-refractivity contribution is 0.181. The number of pyridine rings is 2. The highest BCUT2D eigenvalue weighted by molar-refractivity contribution is 5.74. The van der Waals surface area contributed by atoms with E-state index in [1.54, 1.807) is 6.20 Å². The van der Waals surface area contributed by atoms with Crippen molar-refractivity contribution in [1.29, 1.82) is 0 Å². The highest BCUT2D eigenvalue weighted by atomic mass is 16.2. The van der Waals surface area contributed by atoms with Crippen LogP contribution in [0.5, 0.6) is 0 Å². The van der Waals surface area contributed by atoms with Crippen LogP contribution in [0.4, 0.5) is 4.79 Å². The molecule has 0 spiro atoms. The summed E-state index contributed by atoms with van der Waals surface area (Å²) in [5.74, 6) is 0.493. The highest BCUT2D eigenvalue weighted by Crippen LogP contribution is 2.27. The summed E-state index contributed by atoms with van der Waals surface area (Å²) in [4.78, 5) is 23.0. The molecule has 3 aromatic rings. The van der Waals surface area contributed by atoms with Gasteiger partial charge in [0.1, 0.15) is 0 Å². The first-order valence-electron chi connectivity index (χ1n) is 10.1. The number of aromatic nitrogens is 2. The quantitative estimate of drug-likeness (QED) is 0.716. The summed E-state index contributed by atoms with van der Waals surface area (Å²) in [5.41, 5.74) is 5.63. The summed E-state index contributed by atoms with van der Waals surface area (Å²) in [6.07, 6.45) is 7.57. The van der Waals surface area contributed by atoms with E-state index in [1.165, 1.54) is 5.56 Å². The Kier molecular flexibility index (Phi) is 5.84. The van der Waals surface area contributed by atoms with Crippen molar-refractivity contribution < 1.29 is 4.79 Å². The number of carbonyl (C=O) groups is 1. The molecule has 0 unspecified atom stereocenters. The fourth-order valence-electron chi connectivity index (χ4n) is 3.77. The molecule has 0 atom stereocenters. The highest BCUT2D eigenvalue weighted by Gasteiger charge is 2.23. The average Bonchev–Trinajstić information content (AvgIpc) is 2.79. The van der Waals surface area contributed by atoms with E-state index in [9.17, 15) is 4.79 Å². The second-order valence-corrected chi connectivity index (χ2v) is 7.59. The van der Waals surface area contributed by atoms with Gasteiger partial charge < -0.3 is 10.2 Å². The smallest absolute Gasteiger partial charge is 0.317 e. The topological polar surface area (TPSA) is 58.1 Å². The maximum atomic E-state index is 12.5. The van der Waals surface area contributed by atoms with Crippen LogP contribution in [0.25, 0.3) is 11.1 Å². The van der Waals surface area contributed by atoms with E-state index in [0.29, 0.717) is 12.5 Å². The molecule has 1 aliphatic rings. The van der Waals surface area contributed by atoms with E-state index in [0.717, 1.165) is 48.3 Å². The number of hydrogen-bond donors (Lipinski definition) is 1. The molecular weight excluding hydrogens is 360 g/mol. The minimum absolute atomic E-state index is 0.0156. The van der Waals surface area contributed by atoms with Crippen LogP contribution in [0.2, 0.25) is 0 Å². The van der Waals surface area contributed by atoms with Crippen LogP contribution >= 0.6 is 0 Å². The molecule has 4 rings (SSSR count). The van der Waals surface area contributed by atoms with Gasteiger partial charge >= 0.3 is 6.03 Å². The second-order valence-electron chi connectivity index (χ2n) is 7.59. The fourth-order valence-corrected chi connectivity index (χ4v) is 3.77. The first-order valence-corrected chi connectivity index (χ1v) is 10.1. The van der Waals surface area contributed by atoms with Crippen molar-refractivity contribution in [2.24, 2.45) is 0 Å². The molecule has 1 aromatic carbocycles. The van der Waals surface area contributed by atoms with Crippen LogP contribution in [0.1, 0.15) is 35.6 Å². The zero-order valence-corrected chi connectivity index (χ0v) is 16.7. The van der Waals surface area contributed by atoms with Gasteiger partial charge in [0.25, 0.3) is 0 Å². The van der Waals surface area contributed by atoms with Crippen LogP contribution in [0, 0.1) is 6.92 Å². The first-order chi connectivity index (χ1) is 14.2. The number of urea groups is 1. The lowest BCUT2D eigenvalue weighted by Gasteiger charge is -2.32. The van der Waals surface area contributed by atoms with Gasteiger partial charge in [-0.2, -0.15) is 0 Å². The van der Waals surface area contributed by atoms with Gasteiger partial charge in [0.05, 0.1) is 0 Å². The summed E-state index contributed by atoms with van der Waals surface area (Å²) < 4.78 is 0. The van der Waals surface area contributed by atoms with E-state index in [2.05, 4.69) is 51.7 Å². The predicted molar refractivity (Wildman–Crippen MR) is 114 cm³/mol.